The molecule has 1 saturated carbocycles. The second kappa shape index (κ2) is 11.7. The molecular formula is C30H32F3N5O5. The first-order valence-electron chi connectivity index (χ1n) is 13.9. The summed E-state index contributed by atoms with van der Waals surface area (Å²) in [6.45, 7) is 4.02. The predicted octanol–water partition coefficient (Wildman–Crippen LogP) is 3.94. The maximum absolute atomic E-state index is 13.8. The third kappa shape index (κ3) is 6.21. The number of hydrogen-bond donors (Lipinski definition) is 2. The maximum atomic E-state index is 13.8. The van der Waals surface area contributed by atoms with Gasteiger partial charge in [0.1, 0.15) is 11.4 Å². The van der Waals surface area contributed by atoms with Gasteiger partial charge in [0.25, 0.3) is 11.8 Å². The summed E-state index contributed by atoms with van der Waals surface area (Å²) < 4.78 is 38.5. The van der Waals surface area contributed by atoms with Gasteiger partial charge in [-0.1, -0.05) is 12.1 Å². The number of primary amides is 1. The van der Waals surface area contributed by atoms with Gasteiger partial charge in [-0.3, -0.25) is 9.59 Å². The average molecular weight is 600 g/mol. The van der Waals surface area contributed by atoms with Gasteiger partial charge in [0.05, 0.1) is 12.8 Å². The molecule has 0 radical (unpaired) electrons. The summed E-state index contributed by atoms with van der Waals surface area (Å²) in [5.41, 5.74) is 9.93. The number of nitrogens with two attached hydrogens (primary N) is 1. The monoisotopic (exact) mass is 599 g/mol. The van der Waals surface area contributed by atoms with Crippen molar-refractivity contribution >= 4 is 23.5 Å². The number of aliphatic carboxylic acids is 1. The number of ether oxygens (including phenoxy) is 1. The van der Waals surface area contributed by atoms with Gasteiger partial charge in [0.15, 0.2) is 5.69 Å². The highest BCUT2D eigenvalue weighted by molar-refractivity contribution is 6.09. The number of amides is 2. The summed E-state index contributed by atoms with van der Waals surface area (Å²) in [5, 5.41) is 11.6. The molecule has 0 spiro atoms. The third-order valence-electron chi connectivity index (χ3n) is 8.18. The number of carboxylic acids is 1. The number of carbonyl (C=O) groups excluding carboxylic acids is 2. The Bertz CT molecular complexity index is 1510. The molecule has 1 aromatic heterocycles. The topological polar surface area (TPSA) is 131 Å². The molecule has 2 aromatic carbocycles. The summed E-state index contributed by atoms with van der Waals surface area (Å²) in [5.74, 6) is -2.87. The van der Waals surface area contributed by atoms with Gasteiger partial charge in [-0.2, -0.15) is 18.3 Å². The molecule has 1 aliphatic carbocycles. The number of halogens is 3. The molecule has 10 nitrogen and oxygen atoms in total. The van der Waals surface area contributed by atoms with Crippen molar-refractivity contribution in [3.05, 3.63) is 71.0 Å². The van der Waals surface area contributed by atoms with E-state index in [-0.39, 0.29) is 17.0 Å². The van der Waals surface area contributed by atoms with Crippen LogP contribution in [-0.4, -0.2) is 77.0 Å². The quantitative estimate of drug-likeness (QED) is 0.421. The van der Waals surface area contributed by atoms with E-state index >= 15 is 0 Å². The molecule has 3 aromatic rings. The standard InChI is InChI=1S/C28H31N5O3.C2HF3O2/c1-36-22-10-8-21(9-11-22)33-25-23(24(30-33)26(29)34)12-17-32(27(25)35)20-6-4-19(5-7-20)28(13-14-28)18-31-15-2-3-16-31;3-2(4,5)1(6)7/h4-11H,2-3,12-18H2,1H3,(H2,29,34);(H,6,7). The Morgan fingerprint density at radius 2 is 1.58 bits per heavy atom. The van der Waals surface area contributed by atoms with E-state index < -0.39 is 18.1 Å². The minimum absolute atomic E-state index is 0.154. The van der Waals surface area contributed by atoms with Crippen molar-refractivity contribution in [3.63, 3.8) is 0 Å². The van der Waals surface area contributed by atoms with Crippen LogP contribution in [0.5, 0.6) is 5.75 Å². The molecule has 1 saturated heterocycles. The number of likely N-dealkylation sites (tertiary alicyclic amines) is 1. The van der Waals surface area contributed by atoms with Crippen LogP contribution in [0.1, 0.15) is 57.8 Å². The Hall–Kier alpha value is -4.39. The van der Waals surface area contributed by atoms with Gasteiger partial charge >= 0.3 is 12.1 Å². The van der Waals surface area contributed by atoms with Crippen LogP contribution in [-0.2, 0) is 16.6 Å². The number of rotatable bonds is 7. The van der Waals surface area contributed by atoms with Gasteiger partial charge in [-0.25, -0.2) is 9.48 Å². The summed E-state index contributed by atoms with van der Waals surface area (Å²) in [7, 11) is 1.60. The van der Waals surface area contributed by atoms with Gasteiger partial charge in [0.2, 0.25) is 0 Å². The Kier molecular flexibility index (Phi) is 8.19. The van der Waals surface area contributed by atoms with Crippen molar-refractivity contribution in [2.24, 2.45) is 5.73 Å². The zero-order chi connectivity index (χ0) is 30.9. The van der Waals surface area contributed by atoms with Crippen molar-refractivity contribution in [2.45, 2.75) is 43.7 Å². The van der Waals surface area contributed by atoms with Crippen LogP contribution < -0.4 is 15.4 Å². The van der Waals surface area contributed by atoms with E-state index in [1.165, 1.54) is 49.0 Å². The summed E-state index contributed by atoms with van der Waals surface area (Å²) in [4.78, 5) is 39.2. The predicted molar refractivity (Wildman–Crippen MR) is 151 cm³/mol. The molecule has 43 heavy (non-hydrogen) atoms. The number of fused-ring (bicyclic) bond motifs is 1. The van der Waals surface area contributed by atoms with Crippen LogP contribution >= 0.6 is 0 Å². The number of hydrogen-bond acceptors (Lipinski definition) is 6. The summed E-state index contributed by atoms with van der Waals surface area (Å²) in [6, 6.07) is 15.7. The number of aromatic nitrogens is 2. The van der Waals surface area contributed by atoms with Crippen molar-refractivity contribution in [3.8, 4) is 11.4 Å². The number of methoxy groups -OCH3 is 1. The molecule has 13 heteroatoms. The number of nitrogens with zero attached hydrogens (tertiary/aromatic N) is 4. The Labute approximate surface area is 245 Å². The molecule has 228 valence electrons. The molecule has 2 amide bonds. The molecule has 3 aliphatic rings. The van der Waals surface area contributed by atoms with Crippen LogP contribution in [0.15, 0.2) is 48.5 Å². The number of carboxylic acid groups (broad SMARTS) is 1. The van der Waals surface area contributed by atoms with Crippen LogP contribution in [0.3, 0.4) is 0 Å². The Morgan fingerprint density at radius 1 is 1.00 bits per heavy atom. The maximum Gasteiger partial charge on any atom is 0.490 e. The lowest BCUT2D eigenvalue weighted by Gasteiger charge is -2.28. The van der Waals surface area contributed by atoms with E-state index in [2.05, 4.69) is 34.3 Å². The lowest BCUT2D eigenvalue weighted by Crippen LogP contribution is -2.39. The van der Waals surface area contributed by atoms with E-state index in [9.17, 15) is 22.8 Å². The lowest BCUT2D eigenvalue weighted by molar-refractivity contribution is -0.192. The Morgan fingerprint density at radius 3 is 2.09 bits per heavy atom. The fourth-order valence-corrected chi connectivity index (χ4v) is 5.77. The van der Waals surface area contributed by atoms with Gasteiger partial charge in [-0.05, 0) is 87.2 Å². The smallest absolute Gasteiger partial charge is 0.490 e. The summed E-state index contributed by atoms with van der Waals surface area (Å²) >= 11 is 0. The van der Waals surface area contributed by atoms with Crippen LogP contribution in [0.25, 0.3) is 5.69 Å². The Balaban J connectivity index is 0.000000472. The zero-order valence-corrected chi connectivity index (χ0v) is 23.6. The van der Waals surface area contributed by atoms with E-state index in [0.29, 0.717) is 35.7 Å². The largest absolute Gasteiger partial charge is 0.497 e. The molecule has 3 heterocycles. The van der Waals surface area contributed by atoms with Gasteiger partial charge < -0.3 is 25.4 Å². The molecule has 2 aliphatic heterocycles. The fourth-order valence-electron chi connectivity index (χ4n) is 5.77. The molecular weight excluding hydrogens is 567 g/mol. The van der Waals surface area contributed by atoms with Crippen molar-refractivity contribution < 1.29 is 37.4 Å². The molecule has 2 fully saturated rings. The third-order valence-corrected chi connectivity index (χ3v) is 8.18. The van der Waals surface area contributed by atoms with E-state index in [0.717, 1.165) is 12.2 Å². The molecule has 0 unspecified atom stereocenters. The number of carbonyl (C=O) groups is 3. The van der Waals surface area contributed by atoms with Crippen LogP contribution in [0, 0.1) is 0 Å². The van der Waals surface area contributed by atoms with Crippen molar-refractivity contribution in [2.75, 3.05) is 38.2 Å². The van der Waals surface area contributed by atoms with Gasteiger partial charge in [0, 0.05) is 29.8 Å². The highest BCUT2D eigenvalue weighted by Gasteiger charge is 2.45. The first-order valence-corrected chi connectivity index (χ1v) is 13.9. The number of alkyl halides is 3. The average Bonchev–Trinajstić information content (AvgIpc) is 3.37. The molecule has 3 N–H and O–H groups in total. The highest BCUT2D eigenvalue weighted by Crippen LogP contribution is 2.49. The van der Waals surface area contributed by atoms with Gasteiger partial charge in [-0.15, -0.1) is 0 Å². The normalized spacial score (nSPS) is 17.6. The SMILES string of the molecule is COc1ccc(-n2nc(C(N)=O)c3c2C(=O)N(c2ccc(C4(CN5CCCC5)CC4)cc2)CC3)cc1.O=C(O)C(F)(F)F. The van der Waals surface area contributed by atoms with Crippen LogP contribution in [0.4, 0.5) is 18.9 Å². The second-order valence-corrected chi connectivity index (χ2v) is 11.0. The minimum atomic E-state index is -5.08. The molecule has 6 rings (SSSR count). The van der Waals surface area contributed by atoms with E-state index in [1.807, 2.05) is 12.1 Å². The number of benzene rings is 2. The van der Waals surface area contributed by atoms with E-state index in [4.69, 9.17) is 20.4 Å². The first kappa shape index (κ1) is 30.1. The number of anilines is 1. The minimum Gasteiger partial charge on any atom is -0.497 e. The van der Waals surface area contributed by atoms with Crippen molar-refractivity contribution in [1.82, 2.24) is 14.7 Å². The lowest BCUT2D eigenvalue weighted by atomic mass is 9.94. The molecule has 0 atom stereocenters. The second-order valence-electron chi connectivity index (χ2n) is 11.0. The zero-order valence-electron chi connectivity index (χ0n) is 23.6. The summed E-state index contributed by atoms with van der Waals surface area (Å²) in [6.07, 6.45) is 0.491. The highest BCUT2D eigenvalue weighted by atomic mass is 19.4. The van der Waals surface area contributed by atoms with Crippen LogP contribution in [0.2, 0.25) is 0 Å². The van der Waals surface area contributed by atoms with E-state index in [1.54, 1.807) is 24.1 Å². The molecule has 0 bridgehead atoms. The first-order chi connectivity index (χ1) is 20.4. The van der Waals surface area contributed by atoms with Crippen molar-refractivity contribution in [1.29, 1.82) is 0 Å². The fraction of sp³-hybridized carbons (Fsp3) is 0.400.